The molecule has 0 bridgehead atoms. The van der Waals surface area contributed by atoms with E-state index in [1.807, 2.05) is 0 Å². The first-order valence-electron chi connectivity index (χ1n) is 6.07. The minimum absolute atomic E-state index is 0.898. The summed E-state index contributed by atoms with van der Waals surface area (Å²) in [5.41, 5.74) is 0. The fourth-order valence-electron chi connectivity index (χ4n) is 1.53. The summed E-state index contributed by atoms with van der Waals surface area (Å²) in [6.07, 6.45) is 7.00. The van der Waals surface area contributed by atoms with Crippen LogP contribution in [0.25, 0.3) is 0 Å². The summed E-state index contributed by atoms with van der Waals surface area (Å²) in [4.78, 5) is 2.36. The molecule has 0 saturated heterocycles. The molecule has 0 aromatic rings. The Hall–Kier alpha value is -0.920. The number of unbranched alkanes of at least 4 members (excludes halogenated alkanes) is 1. The van der Waals surface area contributed by atoms with Crippen LogP contribution in [0.1, 0.15) is 45.4 Å². The molecule has 0 aromatic carbocycles. The molecule has 0 amide bonds. The third kappa shape index (κ3) is 6.21. The van der Waals surface area contributed by atoms with Crippen molar-refractivity contribution in [3.05, 3.63) is 0 Å². The second kappa shape index (κ2) is 8.39. The van der Waals surface area contributed by atoms with Gasteiger partial charge >= 0.3 is 0 Å². The number of nitrogens with zero attached hydrogens (tertiary/aromatic N) is 1. The van der Waals surface area contributed by atoms with Gasteiger partial charge in [-0.05, 0) is 19.3 Å². The van der Waals surface area contributed by atoms with Gasteiger partial charge in [-0.1, -0.05) is 25.2 Å². The first kappa shape index (κ1) is 12.2. The van der Waals surface area contributed by atoms with E-state index in [4.69, 9.17) is 0 Å². The van der Waals surface area contributed by atoms with Gasteiger partial charge in [-0.3, -0.25) is 4.90 Å². The van der Waals surface area contributed by atoms with E-state index in [9.17, 15) is 0 Å². The summed E-state index contributed by atoms with van der Waals surface area (Å²) < 4.78 is 0. The van der Waals surface area contributed by atoms with Crippen LogP contribution in [0.5, 0.6) is 0 Å². The topological polar surface area (TPSA) is 3.24 Å². The lowest BCUT2D eigenvalue weighted by Crippen LogP contribution is -2.25. The highest BCUT2D eigenvalue weighted by atomic mass is 15.1. The molecule has 0 unspecified atom stereocenters. The molecule has 82 valence electrons. The zero-order valence-electron chi connectivity index (χ0n) is 9.81. The third-order valence-electron chi connectivity index (χ3n) is 2.54. The maximum atomic E-state index is 3.25. The predicted molar refractivity (Wildman–Crippen MR) is 65.4 cm³/mol. The first-order chi connectivity index (χ1) is 7.43. The molecule has 0 fully saturated rings. The number of rotatable bonds is 3. The first-order valence-corrected chi connectivity index (χ1v) is 6.07. The van der Waals surface area contributed by atoms with Crippen LogP contribution in [0.4, 0.5) is 0 Å². The van der Waals surface area contributed by atoms with Gasteiger partial charge in [0.2, 0.25) is 0 Å². The van der Waals surface area contributed by atoms with Gasteiger partial charge in [-0.2, -0.15) is 0 Å². The molecule has 1 nitrogen and oxygen atoms in total. The molecule has 0 atom stereocenters. The third-order valence-corrected chi connectivity index (χ3v) is 2.54. The monoisotopic (exact) mass is 203 g/mol. The molecule has 1 aliphatic heterocycles. The van der Waals surface area contributed by atoms with Crippen LogP contribution >= 0.6 is 0 Å². The quantitative estimate of drug-likeness (QED) is 0.637. The molecule has 1 rings (SSSR count). The van der Waals surface area contributed by atoms with Crippen molar-refractivity contribution >= 4 is 0 Å². The molecule has 1 heterocycles. The minimum atomic E-state index is 0.898. The highest BCUT2D eigenvalue weighted by Gasteiger charge is 1.99. The van der Waals surface area contributed by atoms with Gasteiger partial charge < -0.3 is 0 Å². The normalized spacial score (nSPS) is 17.9. The summed E-state index contributed by atoms with van der Waals surface area (Å²) in [5, 5.41) is 0. The van der Waals surface area contributed by atoms with Gasteiger partial charge in [0.05, 0.1) is 13.1 Å². The fourth-order valence-corrected chi connectivity index (χ4v) is 1.53. The smallest absolute Gasteiger partial charge is 0.0609 e. The standard InChI is InChI=1S/C14H21N/c1-2-3-12-15-13-10-8-6-4-5-7-9-11-14-15/h2-7,12-14H2,1H3. The molecule has 0 radical (unpaired) electrons. The SMILES string of the molecule is CCCCN1CC#CCCCCC#CC1. The van der Waals surface area contributed by atoms with Crippen molar-refractivity contribution in [1.82, 2.24) is 4.90 Å². The Balaban J connectivity index is 2.42. The summed E-state index contributed by atoms with van der Waals surface area (Å²) in [6.45, 7) is 5.16. The van der Waals surface area contributed by atoms with E-state index in [2.05, 4.69) is 35.5 Å². The van der Waals surface area contributed by atoms with Gasteiger partial charge in [0.25, 0.3) is 0 Å². The Labute approximate surface area is 94.2 Å². The van der Waals surface area contributed by atoms with Gasteiger partial charge in [-0.15, -0.1) is 11.8 Å². The van der Waals surface area contributed by atoms with Crippen molar-refractivity contribution in [3.8, 4) is 23.7 Å². The lowest BCUT2D eigenvalue weighted by Gasteiger charge is -2.15. The second-order valence-electron chi connectivity index (χ2n) is 3.98. The fraction of sp³-hybridized carbons (Fsp3) is 0.714. The van der Waals surface area contributed by atoms with E-state index in [0.717, 1.165) is 32.5 Å². The van der Waals surface area contributed by atoms with E-state index >= 15 is 0 Å². The Morgan fingerprint density at radius 3 is 2.07 bits per heavy atom. The summed E-state index contributed by atoms with van der Waals surface area (Å²) >= 11 is 0. The molecule has 0 spiro atoms. The molecule has 0 aromatic heterocycles. The molecule has 0 aliphatic carbocycles. The van der Waals surface area contributed by atoms with Crippen LogP contribution in [0, 0.1) is 23.7 Å². The van der Waals surface area contributed by atoms with E-state index in [1.165, 1.54) is 25.7 Å². The molecule has 0 N–H and O–H groups in total. The molecular weight excluding hydrogens is 182 g/mol. The van der Waals surface area contributed by atoms with Crippen LogP contribution in [-0.4, -0.2) is 24.5 Å². The Bertz CT molecular complexity index is 245. The van der Waals surface area contributed by atoms with E-state index in [-0.39, 0.29) is 0 Å². The van der Waals surface area contributed by atoms with Crippen LogP contribution in [0.15, 0.2) is 0 Å². The van der Waals surface area contributed by atoms with Crippen molar-refractivity contribution < 1.29 is 0 Å². The van der Waals surface area contributed by atoms with Crippen molar-refractivity contribution in [2.24, 2.45) is 0 Å². The van der Waals surface area contributed by atoms with Crippen molar-refractivity contribution in [3.63, 3.8) is 0 Å². The van der Waals surface area contributed by atoms with E-state index in [1.54, 1.807) is 0 Å². The van der Waals surface area contributed by atoms with Crippen molar-refractivity contribution in [1.29, 1.82) is 0 Å². The molecule has 0 saturated carbocycles. The van der Waals surface area contributed by atoms with Crippen molar-refractivity contribution in [2.45, 2.75) is 45.4 Å². The highest BCUT2D eigenvalue weighted by Crippen LogP contribution is 1.99. The summed E-state index contributed by atoms with van der Waals surface area (Å²) in [6, 6.07) is 0. The highest BCUT2D eigenvalue weighted by molar-refractivity contribution is 5.06. The van der Waals surface area contributed by atoms with E-state index < -0.39 is 0 Å². The van der Waals surface area contributed by atoms with Crippen LogP contribution in [0.3, 0.4) is 0 Å². The van der Waals surface area contributed by atoms with Gasteiger partial charge in [-0.25, -0.2) is 0 Å². The largest absolute Gasteiger partial charge is 0.281 e. The minimum Gasteiger partial charge on any atom is -0.281 e. The van der Waals surface area contributed by atoms with Crippen LogP contribution in [-0.2, 0) is 0 Å². The average Bonchev–Trinajstić information content (AvgIpc) is 2.31. The van der Waals surface area contributed by atoms with Crippen LogP contribution < -0.4 is 0 Å². The zero-order valence-corrected chi connectivity index (χ0v) is 9.81. The zero-order chi connectivity index (χ0) is 10.8. The lowest BCUT2D eigenvalue weighted by molar-refractivity contribution is 0.338. The maximum Gasteiger partial charge on any atom is 0.0609 e. The maximum absolute atomic E-state index is 3.25. The predicted octanol–water partition coefficient (Wildman–Crippen LogP) is 2.67. The number of hydrogen-bond acceptors (Lipinski definition) is 1. The van der Waals surface area contributed by atoms with Crippen molar-refractivity contribution in [2.75, 3.05) is 19.6 Å². The van der Waals surface area contributed by atoms with Gasteiger partial charge in [0.15, 0.2) is 0 Å². The van der Waals surface area contributed by atoms with Crippen LogP contribution in [0.2, 0.25) is 0 Å². The van der Waals surface area contributed by atoms with E-state index in [0.29, 0.717) is 0 Å². The Morgan fingerprint density at radius 1 is 0.933 bits per heavy atom. The molecular formula is C14H21N. The molecule has 1 heteroatoms. The average molecular weight is 203 g/mol. The molecule has 15 heavy (non-hydrogen) atoms. The Kier molecular flexibility index (Phi) is 6.80. The van der Waals surface area contributed by atoms with Gasteiger partial charge in [0, 0.05) is 19.4 Å². The lowest BCUT2D eigenvalue weighted by atomic mass is 10.2. The summed E-state index contributed by atoms with van der Waals surface area (Å²) in [5.74, 6) is 13.0. The summed E-state index contributed by atoms with van der Waals surface area (Å²) in [7, 11) is 0. The van der Waals surface area contributed by atoms with Gasteiger partial charge in [0.1, 0.15) is 0 Å². The number of hydrogen-bond donors (Lipinski definition) is 0. The Morgan fingerprint density at radius 2 is 1.53 bits per heavy atom. The molecule has 1 aliphatic rings. The second-order valence-corrected chi connectivity index (χ2v) is 3.98.